The highest BCUT2D eigenvalue weighted by atomic mass is 35.5. The average molecular weight is 226 g/mol. The van der Waals surface area contributed by atoms with Crippen LogP contribution in [0.5, 0.6) is 0 Å². The van der Waals surface area contributed by atoms with Crippen molar-refractivity contribution in [2.75, 3.05) is 18.9 Å². The molecule has 0 aromatic heterocycles. The van der Waals surface area contributed by atoms with Crippen LogP contribution in [0.1, 0.15) is 16.8 Å². The zero-order valence-electron chi connectivity index (χ0n) is 8.20. The Morgan fingerprint density at radius 3 is 2.93 bits per heavy atom. The van der Waals surface area contributed by atoms with E-state index in [0.29, 0.717) is 29.5 Å². The Balaban J connectivity index is 2.24. The summed E-state index contributed by atoms with van der Waals surface area (Å²) in [6.45, 7) is 1.16. The number of ether oxygens (including phenoxy) is 1. The lowest BCUT2D eigenvalue weighted by molar-refractivity contribution is 0.0901. The topological polar surface area (TPSA) is 52.3 Å². The molecule has 1 aromatic rings. The molecule has 0 amide bonds. The van der Waals surface area contributed by atoms with Crippen molar-refractivity contribution < 1.29 is 9.53 Å². The van der Waals surface area contributed by atoms with Crippen LogP contribution >= 0.6 is 11.6 Å². The van der Waals surface area contributed by atoms with Gasteiger partial charge in [0.15, 0.2) is 5.78 Å². The SMILES string of the molecule is Nc1cc(Cl)ccc1C(=O)C1CCOC1. The van der Waals surface area contributed by atoms with Crippen LogP contribution in [-0.2, 0) is 4.74 Å². The van der Waals surface area contributed by atoms with Crippen LogP contribution in [0.3, 0.4) is 0 Å². The summed E-state index contributed by atoms with van der Waals surface area (Å²) in [6.07, 6.45) is 0.779. The quantitative estimate of drug-likeness (QED) is 0.620. The lowest BCUT2D eigenvalue weighted by Crippen LogP contribution is -2.16. The highest BCUT2D eigenvalue weighted by Gasteiger charge is 2.25. The molecule has 1 fully saturated rings. The van der Waals surface area contributed by atoms with Crippen LogP contribution in [0.4, 0.5) is 5.69 Å². The second-order valence-electron chi connectivity index (χ2n) is 3.66. The van der Waals surface area contributed by atoms with Crippen molar-refractivity contribution in [2.24, 2.45) is 5.92 Å². The maximum absolute atomic E-state index is 12.0. The van der Waals surface area contributed by atoms with E-state index in [1.54, 1.807) is 18.2 Å². The molecule has 1 atom stereocenters. The molecule has 80 valence electrons. The number of carbonyl (C=O) groups is 1. The van der Waals surface area contributed by atoms with Crippen molar-refractivity contribution in [2.45, 2.75) is 6.42 Å². The van der Waals surface area contributed by atoms with E-state index in [9.17, 15) is 4.79 Å². The molecule has 1 heterocycles. The number of benzene rings is 1. The number of rotatable bonds is 2. The highest BCUT2D eigenvalue weighted by molar-refractivity contribution is 6.31. The van der Waals surface area contributed by atoms with Gasteiger partial charge in [-0.25, -0.2) is 0 Å². The van der Waals surface area contributed by atoms with E-state index in [1.165, 1.54) is 0 Å². The third kappa shape index (κ3) is 2.13. The number of carbonyl (C=O) groups excluding carboxylic acids is 1. The van der Waals surface area contributed by atoms with Crippen molar-refractivity contribution in [3.05, 3.63) is 28.8 Å². The van der Waals surface area contributed by atoms with Gasteiger partial charge < -0.3 is 10.5 Å². The van der Waals surface area contributed by atoms with Gasteiger partial charge in [0.2, 0.25) is 0 Å². The fraction of sp³-hybridized carbons (Fsp3) is 0.364. The summed E-state index contributed by atoms with van der Waals surface area (Å²) in [7, 11) is 0. The molecule has 0 aliphatic carbocycles. The van der Waals surface area contributed by atoms with Gasteiger partial charge in [0.05, 0.1) is 6.61 Å². The number of hydrogen-bond donors (Lipinski definition) is 1. The molecule has 1 unspecified atom stereocenters. The highest BCUT2D eigenvalue weighted by Crippen LogP contribution is 2.24. The van der Waals surface area contributed by atoms with Gasteiger partial charge in [0.25, 0.3) is 0 Å². The summed E-state index contributed by atoms with van der Waals surface area (Å²) < 4.78 is 5.18. The number of halogens is 1. The Kier molecular flexibility index (Phi) is 2.93. The van der Waals surface area contributed by atoms with Gasteiger partial charge >= 0.3 is 0 Å². The van der Waals surface area contributed by atoms with E-state index in [-0.39, 0.29) is 11.7 Å². The molecule has 1 aliphatic rings. The summed E-state index contributed by atoms with van der Waals surface area (Å²) >= 11 is 5.77. The standard InChI is InChI=1S/C11H12ClNO2/c12-8-1-2-9(10(13)5-8)11(14)7-3-4-15-6-7/h1-2,5,7H,3-4,6,13H2. The maximum atomic E-state index is 12.0. The van der Waals surface area contributed by atoms with Gasteiger partial charge in [-0.05, 0) is 24.6 Å². The molecule has 2 N–H and O–H groups in total. The zero-order chi connectivity index (χ0) is 10.8. The van der Waals surface area contributed by atoms with Crippen molar-refractivity contribution in [3.63, 3.8) is 0 Å². The third-order valence-corrected chi connectivity index (χ3v) is 2.81. The summed E-state index contributed by atoms with van der Waals surface area (Å²) in [5.41, 5.74) is 6.74. The monoisotopic (exact) mass is 225 g/mol. The second kappa shape index (κ2) is 4.21. The first-order valence-corrected chi connectivity index (χ1v) is 5.23. The van der Waals surface area contributed by atoms with Crippen LogP contribution < -0.4 is 5.73 Å². The molecule has 1 aromatic carbocycles. The zero-order valence-corrected chi connectivity index (χ0v) is 8.96. The fourth-order valence-corrected chi connectivity index (χ4v) is 1.90. The van der Waals surface area contributed by atoms with E-state index in [1.807, 2.05) is 0 Å². The summed E-state index contributed by atoms with van der Waals surface area (Å²) in [6, 6.07) is 4.96. The number of Topliss-reactive ketones (excluding diaryl/α,β-unsaturated/α-hetero) is 1. The normalized spacial score (nSPS) is 20.5. The van der Waals surface area contributed by atoms with Gasteiger partial charge in [0.1, 0.15) is 0 Å². The van der Waals surface area contributed by atoms with Crippen molar-refractivity contribution in [3.8, 4) is 0 Å². The van der Waals surface area contributed by atoms with Crippen molar-refractivity contribution in [1.29, 1.82) is 0 Å². The lowest BCUT2D eigenvalue weighted by Gasteiger charge is -2.09. The second-order valence-corrected chi connectivity index (χ2v) is 4.09. The molecule has 1 aliphatic heterocycles. The number of nitrogens with two attached hydrogens (primary N) is 1. The fourth-order valence-electron chi connectivity index (χ4n) is 1.72. The molecule has 15 heavy (non-hydrogen) atoms. The first kappa shape index (κ1) is 10.5. The smallest absolute Gasteiger partial charge is 0.170 e. The number of ketones is 1. The first-order valence-electron chi connectivity index (χ1n) is 4.85. The number of anilines is 1. The van der Waals surface area contributed by atoms with E-state index in [2.05, 4.69) is 0 Å². The predicted molar refractivity (Wildman–Crippen MR) is 59.1 cm³/mol. The minimum absolute atomic E-state index is 0.0477. The minimum atomic E-state index is -0.0477. The molecule has 4 heteroatoms. The summed E-state index contributed by atoms with van der Waals surface area (Å²) in [5.74, 6) is 0.00939. The van der Waals surface area contributed by atoms with Crippen LogP contribution in [-0.4, -0.2) is 19.0 Å². The Bertz CT molecular complexity index is 386. The van der Waals surface area contributed by atoms with Gasteiger partial charge in [-0.3, -0.25) is 4.79 Å². The largest absolute Gasteiger partial charge is 0.398 e. The lowest BCUT2D eigenvalue weighted by atomic mass is 9.96. The molecule has 0 spiro atoms. The predicted octanol–water partition coefficient (Wildman–Crippen LogP) is 2.14. The molecular weight excluding hydrogens is 214 g/mol. The molecule has 1 saturated heterocycles. The summed E-state index contributed by atoms with van der Waals surface area (Å²) in [4.78, 5) is 12.0. The summed E-state index contributed by atoms with van der Waals surface area (Å²) in [5, 5.41) is 0.548. The molecule has 0 saturated carbocycles. The van der Waals surface area contributed by atoms with Crippen LogP contribution in [0.25, 0.3) is 0 Å². The molecule has 2 rings (SSSR count). The van der Waals surface area contributed by atoms with Crippen molar-refractivity contribution >= 4 is 23.1 Å². The van der Waals surface area contributed by atoms with E-state index in [0.717, 1.165) is 6.42 Å². The Hall–Kier alpha value is -1.06. The first-order chi connectivity index (χ1) is 7.18. The van der Waals surface area contributed by atoms with E-state index in [4.69, 9.17) is 22.1 Å². The average Bonchev–Trinajstić information content (AvgIpc) is 2.69. The Morgan fingerprint density at radius 2 is 2.33 bits per heavy atom. The van der Waals surface area contributed by atoms with Crippen molar-refractivity contribution in [1.82, 2.24) is 0 Å². The van der Waals surface area contributed by atoms with Gasteiger partial charge in [0, 0.05) is 28.8 Å². The maximum Gasteiger partial charge on any atom is 0.170 e. The molecule has 0 radical (unpaired) electrons. The van der Waals surface area contributed by atoms with Gasteiger partial charge in [-0.2, -0.15) is 0 Å². The van der Waals surface area contributed by atoms with Crippen LogP contribution in [0.15, 0.2) is 18.2 Å². The Morgan fingerprint density at radius 1 is 1.53 bits per heavy atom. The van der Waals surface area contributed by atoms with Gasteiger partial charge in [-0.15, -0.1) is 0 Å². The number of nitrogen functional groups attached to an aromatic ring is 1. The molecular formula is C11H12ClNO2. The van der Waals surface area contributed by atoms with E-state index >= 15 is 0 Å². The molecule has 3 nitrogen and oxygen atoms in total. The van der Waals surface area contributed by atoms with Crippen LogP contribution in [0.2, 0.25) is 5.02 Å². The number of hydrogen-bond acceptors (Lipinski definition) is 3. The Labute approximate surface area is 93.2 Å². The van der Waals surface area contributed by atoms with Crippen LogP contribution in [0, 0.1) is 5.92 Å². The van der Waals surface area contributed by atoms with E-state index < -0.39 is 0 Å². The third-order valence-electron chi connectivity index (χ3n) is 2.58. The minimum Gasteiger partial charge on any atom is -0.398 e. The molecule has 0 bridgehead atoms. The van der Waals surface area contributed by atoms with Gasteiger partial charge in [-0.1, -0.05) is 11.6 Å².